The number of aromatic amines is 1. The first-order chi connectivity index (χ1) is 8.20. The van der Waals surface area contributed by atoms with Crippen LogP contribution in [0.3, 0.4) is 0 Å². The van der Waals surface area contributed by atoms with Crippen LogP contribution >= 0.6 is 23.6 Å². The van der Waals surface area contributed by atoms with E-state index in [4.69, 9.17) is 12.2 Å². The molecule has 90 valence electrons. The van der Waals surface area contributed by atoms with Crippen LogP contribution < -0.4 is 5.32 Å². The number of thiazole rings is 1. The molecule has 0 atom stereocenters. The fourth-order valence-electron chi connectivity index (χ4n) is 1.40. The smallest absolute Gasteiger partial charge is 0.233 e. The first-order valence-corrected chi connectivity index (χ1v) is 6.33. The maximum absolute atomic E-state index is 11.7. The molecular weight excluding hydrogens is 258 g/mol. The number of nitrogens with zero attached hydrogens (tertiary/aromatic N) is 3. The van der Waals surface area contributed by atoms with Gasteiger partial charge in [-0.25, -0.2) is 4.98 Å². The number of aromatic nitrogens is 4. The van der Waals surface area contributed by atoms with Crippen molar-refractivity contribution in [1.29, 1.82) is 0 Å². The van der Waals surface area contributed by atoms with E-state index in [1.807, 2.05) is 6.92 Å². The fraction of sp³-hybridized carbons (Fsp3) is 0.333. The molecule has 1 amide bonds. The third-order valence-corrected chi connectivity index (χ3v) is 3.15. The van der Waals surface area contributed by atoms with E-state index in [1.54, 1.807) is 16.1 Å². The third kappa shape index (κ3) is 2.77. The van der Waals surface area contributed by atoms with Crippen molar-refractivity contribution in [3.05, 3.63) is 22.2 Å². The number of nitrogens with one attached hydrogen (secondary N) is 2. The van der Waals surface area contributed by atoms with Crippen molar-refractivity contribution in [2.24, 2.45) is 0 Å². The number of carbonyl (C=O) groups excluding carboxylic acids is 1. The van der Waals surface area contributed by atoms with Gasteiger partial charge in [0.05, 0.1) is 6.42 Å². The van der Waals surface area contributed by atoms with E-state index in [-0.39, 0.29) is 12.3 Å². The molecule has 2 rings (SSSR count). The predicted octanol–water partition coefficient (Wildman–Crippen LogP) is 1.60. The summed E-state index contributed by atoms with van der Waals surface area (Å²) in [6.45, 7) is 2.64. The molecule has 0 fully saturated rings. The first-order valence-electron chi connectivity index (χ1n) is 5.04. The second-order valence-corrected chi connectivity index (χ2v) is 4.53. The minimum Gasteiger partial charge on any atom is -0.304 e. The summed E-state index contributed by atoms with van der Waals surface area (Å²) in [5.41, 5.74) is 0. The lowest BCUT2D eigenvalue weighted by molar-refractivity contribution is -0.115. The summed E-state index contributed by atoms with van der Waals surface area (Å²) in [7, 11) is 0. The summed E-state index contributed by atoms with van der Waals surface area (Å²) in [6.07, 6.45) is 1.82. The molecule has 0 aliphatic heterocycles. The van der Waals surface area contributed by atoms with Crippen LogP contribution in [0.1, 0.15) is 12.7 Å². The van der Waals surface area contributed by atoms with Crippen LogP contribution in [0.5, 0.6) is 0 Å². The van der Waals surface area contributed by atoms with Gasteiger partial charge in [0.2, 0.25) is 5.91 Å². The molecule has 0 saturated heterocycles. The Kier molecular flexibility index (Phi) is 3.64. The van der Waals surface area contributed by atoms with E-state index >= 15 is 0 Å². The quantitative estimate of drug-likeness (QED) is 0.827. The van der Waals surface area contributed by atoms with Crippen molar-refractivity contribution in [2.75, 3.05) is 5.32 Å². The molecule has 0 bridgehead atoms. The number of anilines is 1. The summed E-state index contributed by atoms with van der Waals surface area (Å²) in [6, 6.07) is 0. The van der Waals surface area contributed by atoms with Crippen molar-refractivity contribution >= 4 is 34.6 Å². The van der Waals surface area contributed by atoms with Gasteiger partial charge in [-0.2, -0.15) is 5.10 Å². The van der Waals surface area contributed by atoms with E-state index in [0.29, 0.717) is 22.3 Å². The van der Waals surface area contributed by atoms with Gasteiger partial charge in [0, 0.05) is 18.1 Å². The highest BCUT2D eigenvalue weighted by atomic mass is 32.1. The minimum absolute atomic E-state index is 0.149. The van der Waals surface area contributed by atoms with Crippen molar-refractivity contribution < 1.29 is 4.79 Å². The highest BCUT2D eigenvalue weighted by molar-refractivity contribution is 7.71. The molecule has 0 saturated carbocycles. The lowest BCUT2D eigenvalue weighted by Gasteiger charge is -2.03. The van der Waals surface area contributed by atoms with Gasteiger partial charge in [0.1, 0.15) is 5.82 Å². The zero-order chi connectivity index (χ0) is 12.3. The molecule has 6 nitrogen and oxygen atoms in total. The predicted molar refractivity (Wildman–Crippen MR) is 67.5 cm³/mol. The standard InChI is InChI=1S/C9H11N5OS2/c1-2-14-6(12-13-9(14)16)5-7(15)11-8-10-3-4-17-8/h3-4H,2,5H2,1H3,(H,13,16)(H,10,11,15). The molecule has 2 N–H and O–H groups in total. The van der Waals surface area contributed by atoms with Crippen LogP contribution in [0.25, 0.3) is 0 Å². The highest BCUT2D eigenvalue weighted by Gasteiger charge is 2.11. The molecule has 0 aliphatic rings. The summed E-state index contributed by atoms with van der Waals surface area (Å²) in [5.74, 6) is 0.482. The van der Waals surface area contributed by atoms with E-state index < -0.39 is 0 Å². The molecule has 0 spiro atoms. The fourth-order valence-corrected chi connectivity index (χ4v) is 2.23. The van der Waals surface area contributed by atoms with Crippen LogP contribution in [0.2, 0.25) is 0 Å². The molecule has 17 heavy (non-hydrogen) atoms. The van der Waals surface area contributed by atoms with E-state index in [2.05, 4.69) is 20.5 Å². The monoisotopic (exact) mass is 269 g/mol. The molecule has 2 aromatic rings. The third-order valence-electron chi connectivity index (χ3n) is 2.15. The molecule has 2 heterocycles. The number of hydrogen-bond acceptors (Lipinski definition) is 5. The number of carbonyl (C=O) groups is 1. The molecule has 0 radical (unpaired) electrons. The second kappa shape index (κ2) is 5.19. The first kappa shape index (κ1) is 11.9. The van der Waals surface area contributed by atoms with Crippen LogP contribution in [0, 0.1) is 4.77 Å². The van der Waals surface area contributed by atoms with Gasteiger partial charge in [0.15, 0.2) is 9.90 Å². The zero-order valence-corrected chi connectivity index (χ0v) is 10.8. The van der Waals surface area contributed by atoms with Crippen molar-refractivity contribution in [2.45, 2.75) is 19.9 Å². The summed E-state index contributed by atoms with van der Waals surface area (Å²) in [5, 5.41) is 11.8. The summed E-state index contributed by atoms with van der Waals surface area (Å²) >= 11 is 6.42. The van der Waals surface area contributed by atoms with Crippen LogP contribution in [0.15, 0.2) is 11.6 Å². The lowest BCUT2D eigenvalue weighted by Crippen LogP contribution is -2.17. The topological polar surface area (TPSA) is 75.6 Å². The molecule has 0 unspecified atom stereocenters. The Labute approximate surface area is 107 Å². The number of rotatable bonds is 4. The Bertz CT molecular complexity index is 556. The van der Waals surface area contributed by atoms with Crippen molar-refractivity contribution in [1.82, 2.24) is 19.7 Å². The van der Waals surface area contributed by atoms with Crippen molar-refractivity contribution in [3.63, 3.8) is 0 Å². The SMILES string of the molecule is CCn1c(CC(=O)Nc2nccs2)n[nH]c1=S. The van der Waals surface area contributed by atoms with Crippen LogP contribution in [-0.4, -0.2) is 25.7 Å². The number of amides is 1. The lowest BCUT2D eigenvalue weighted by atomic mass is 10.4. The summed E-state index contributed by atoms with van der Waals surface area (Å²) in [4.78, 5) is 15.7. The maximum atomic E-state index is 11.7. The normalized spacial score (nSPS) is 10.4. The molecule has 0 aromatic carbocycles. The van der Waals surface area contributed by atoms with Crippen LogP contribution in [-0.2, 0) is 17.8 Å². The Hall–Kier alpha value is -1.54. The second-order valence-electron chi connectivity index (χ2n) is 3.25. The van der Waals surface area contributed by atoms with Crippen molar-refractivity contribution in [3.8, 4) is 0 Å². The van der Waals surface area contributed by atoms with Gasteiger partial charge >= 0.3 is 0 Å². The molecule has 8 heteroatoms. The highest BCUT2D eigenvalue weighted by Crippen LogP contribution is 2.10. The maximum Gasteiger partial charge on any atom is 0.233 e. The zero-order valence-electron chi connectivity index (χ0n) is 9.14. The van der Waals surface area contributed by atoms with Gasteiger partial charge in [-0.1, -0.05) is 0 Å². The van der Waals surface area contributed by atoms with Gasteiger partial charge in [-0.05, 0) is 19.1 Å². The number of hydrogen-bond donors (Lipinski definition) is 2. The van der Waals surface area contributed by atoms with E-state index in [9.17, 15) is 4.79 Å². The van der Waals surface area contributed by atoms with E-state index in [0.717, 1.165) is 0 Å². The average molecular weight is 269 g/mol. The average Bonchev–Trinajstić information content (AvgIpc) is 2.89. The van der Waals surface area contributed by atoms with Gasteiger partial charge in [-0.15, -0.1) is 11.3 Å². The Morgan fingerprint density at radius 2 is 2.53 bits per heavy atom. The minimum atomic E-state index is -0.149. The number of H-pyrrole nitrogens is 1. The molecule has 0 aliphatic carbocycles. The Morgan fingerprint density at radius 1 is 1.71 bits per heavy atom. The largest absolute Gasteiger partial charge is 0.304 e. The Balaban J connectivity index is 2.05. The van der Waals surface area contributed by atoms with Gasteiger partial charge < -0.3 is 9.88 Å². The summed E-state index contributed by atoms with van der Waals surface area (Å²) < 4.78 is 2.32. The van der Waals surface area contributed by atoms with E-state index in [1.165, 1.54) is 11.3 Å². The Morgan fingerprint density at radius 3 is 3.18 bits per heavy atom. The molecule has 2 aromatic heterocycles. The van der Waals surface area contributed by atoms with Gasteiger partial charge in [-0.3, -0.25) is 9.89 Å². The van der Waals surface area contributed by atoms with Crippen LogP contribution in [0.4, 0.5) is 5.13 Å². The molecular formula is C9H11N5OS2. The van der Waals surface area contributed by atoms with Gasteiger partial charge in [0.25, 0.3) is 0 Å².